The molecular formula is C26H19F2N3O4. The highest BCUT2D eigenvalue weighted by atomic mass is 19.1. The van der Waals surface area contributed by atoms with Gasteiger partial charge in [-0.25, -0.2) is 8.78 Å². The Hall–Kier alpha value is -4.37. The highest BCUT2D eigenvalue weighted by molar-refractivity contribution is 6.09. The van der Waals surface area contributed by atoms with E-state index in [4.69, 9.17) is 0 Å². The largest absolute Gasteiger partial charge is 0.508 e. The highest BCUT2D eigenvalue weighted by Gasteiger charge is 2.59. The van der Waals surface area contributed by atoms with Gasteiger partial charge in [0.1, 0.15) is 17.4 Å². The Morgan fingerprint density at radius 1 is 0.886 bits per heavy atom. The van der Waals surface area contributed by atoms with E-state index in [0.29, 0.717) is 5.69 Å². The molecule has 1 aromatic heterocycles. The normalized spacial score (nSPS) is 20.2. The fourth-order valence-electron chi connectivity index (χ4n) is 5.19. The first-order chi connectivity index (χ1) is 16.8. The summed E-state index contributed by atoms with van der Waals surface area (Å²) in [6.45, 7) is 0. The second-order valence-corrected chi connectivity index (χ2v) is 8.71. The highest BCUT2D eigenvalue weighted by Crippen LogP contribution is 2.56. The van der Waals surface area contributed by atoms with Crippen LogP contribution in [0.25, 0.3) is 5.69 Å². The molecule has 0 aliphatic carbocycles. The number of phenols is 1. The number of hydrogen-bond donors (Lipinski definition) is 5. The Morgan fingerprint density at radius 2 is 1.57 bits per heavy atom. The van der Waals surface area contributed by atoms with E-state index >= 15 is 0 Å². The lowest BCUT2D eigenvalue weighted by Crippen LogP contribution is -2.46. The molecule has 6 rings (SSSR count). The molecule has 3 heterocycles. The van der Waals surface area contributed by atoms with Crippen LogP contribution in [0.2, 0.25) is 0 Å². The van der Waals surface area contributed by atoms with Crippen LogP contribution in [-0.4, -0.2) is 25.8 Å². The van der Waals surface area contributed by atoms with E-state index in [2.05, 4.69) is 10.6 Å². The summed E-state index contributed by atoms with van der Waals surface area (Å²) in [6, 6.07) is 14.8. The molecule has 0 saturated heterocycles. The molecule has 35 heavy (non-hydrogen) atoms. The van der Waals surface area contributed by atoms with Crippen LogP contribution in [0.4, 0.5) is 14.5 Å². The van der Waals surface area contributed by atoms with Crippen molar-refractivity contribution in [2.24, 2.45) is 0 Å². The smallest absolute Gasteiger partial charge is 0.254 e. The molecule has 0 radical (unpaired) electrons. The van der Waals surface area contributed by atoms with Gasteiger partial charge in [0, 0.05) is 22.9 Å². The zero-order chi connectivity index (χ0) is 24.5. The lowest BCUT2D eigenvalue weighted by molar-refractivity contribution is -0.120. The molecule has 176 valence electrons. The first-order valence-corrected chi connectivity index (χ1v) is 10.9. The molecule has 7 nitrogen and oxygen atoms in total. The Balaban J connectivity index is 1.59. The molecule has 4 aromatic rings. The summed E-state index contributed by atoms with van der Waals surface area (Å²) >= 11 is 0. The predicted molar refractivity (Wildman–Crippen MR) is 123 cm³/mol. The van der Waals surface area contributed by atoms with Crippen LogP contribution in [0.5, 0.6) is 17.5 Å². The van der Waals surface area contributed by atoms with Crippen LogP contribution in [0.1, 0.15) is 28.3 Å². The number of hydrogen-bond acceptors (Lipinski definition) is 5. The molecule has 1 spiro atoms. The van der Waals surface area contributed by atoms with Crippen LogP contribution in [0.3, 0.4) is 0 Å². The van der Waals surface area contributed by atoms with Crippen LogP contribution < -0.4 is 10.6 Å². The SMILES string of the molecule is O=C1Nc2ccc(F)cc2C12NC(Cc1ccc(O)cc1)c1c2c(O)n(-c2ccc(F)cc2)c1O. The van der Waals surface area contributed by atoms with Crippen molar-refractivity contribution < 1.29 is 28.9 Å². The van der Waals surface area contributed by atoms with Gasteiger partial charge in [-0.2, -0.15) is 0 Å². The molecule has 0 saturated carbocycles. The molecule has 3 aromatic carbocycles. The minimum Gasteiger partial charge on any atom is -0.508 e. The predicted octanol–water partition coefficient (Wildman–Crippen LogP) is 3.96. The first-order valence-electron chi connectivity index (χ1n) is 10.9. The zero-order valence-electron chi connectivity index (χ0n) is 18.1. The molecule has 2 aliphatic rings. The van der Waals surface area contributed by atoms with Gasteiger partial charge in [-0.1, -0.05) is 12.1 Å². The number of carbonyl (C=O) groups is 1. The van der Waals surface area contributed by atoms with Crippen LogP contribution >= 0.6 is 0 Å². The van der Waals surface area contributed by atoms with Gasteiger partial charge in [0.05, 0.1) is 11.3 Å². The van der Waals surface area contributed by atoms with Crippen molar-refractivity contribution in [1.82, 2.24) is 9.88 Å². The topological polar surface area (TPSA) is 107 Å². The summed E-state index contributed by atoms with van der Waals surface area (Å²) in [7, 11) is 0. The second kappa shape index (κ2) is 7.31. The fourth-order valence-corrected chi connectivity index (χ4v) is 5.19. The summed E-state index contributed by atoms with van der Waals surface area (Å²) in [5.74, 6) is -2.24. The number of halogens is 2. The summed E-state index contributed by atoms with van der Waals surface area (Å²) in [5.41, 5.74) is 0.442. The average Bonchev–Trinajstić information content (AvgIpc) is 3.41. The summed E-state index contributed by atoms with van der Waals surface area (Å²) < 4.78 is 29.0. The lowest BCUT2D eigenvalue weighted by atomic mass is 9.86. The number of anilines is 1. The standard InChI is InChI=1S/C26H19F2N3O4/c27-14-3-6-16(7-4-14)31-23(33)21-20(11-13-1-8-17(32)9-2-13)30-26(22(21)24(31)34)18-12-15(28)5-10-19(18)29-25(26)35/h1-10,12,20,30,32-34H,11H2,(H,29,35). The maximum Gasteiger partial charge on any atom is 0.254 e. The Labute approximate surface area is 197 Å². The number of phenolic OH excluding ortho intramolecular Hbond substituents is 1. The number of carbonyl (C=O) groups excluding carboxylic acids is 1. The van der Waals surface area contributed by atoms with Crippen LogP contribution in [-0.2, 0) is 16.8 Å². The van der Waals surface area contributed by atoms with Gasteiger partial charge in [0.15, 0.2) is 5.54 Å². The quantitative estimate of drug-likeness (QED) is 0.309. The van der Waals surface area contributed by atoms with E-state index in [1.807, 2.05) is 0 Å². The molecule has 2 aliphatic heterocycles. The third-order valence-corrected chi connectivity index (χ3v) is 6.71. The first kappa shape index (κ1) is 21.2. The van der Waals surface area contributed by atoms with Gasteiger partial charge in [0.2, 0.25) is 11.8 Å². The minimum absolute atomic E-state index is 0.0906. The molecular weight excluding hydrogens is 456 g/mol. The number of fused-ring (bicyclic) bond motifs is 4. The van der Waals surface area contributed by atoms with E-state index in [1.54, 1.807) is 12.1 Å². The number of nitrogens with one attached hydrogen (secondary N) is 2. The Morgan fingerprint density at radius 3 is 2.29 bits per heavy atom. The van der Waals surface area contributed by atoms with E-state index < -0.39 is 35.0 Å². The summed E-state index contributed by atoms with van der Waals surface area (Å²) in [4.78, 5) is 13.4. The third-order valence-electron chi connectivity index (χ3n) is 6.71. The molecule has 2 atom stereocenters. The van der Waals surface area contributed by atoms with Gasteiger partial charge >= 0.3 is 0 Å². The number of nitrogens with zero attached hydrogens (tertiary/aromatic N) is 1. The molecule has 0 fully saturated rings. The number of rotatable bonds is 3. The van der Waals surface area contributed by atoms with E-state index in [-0.39, 0.29) is 40.4 Å². The lowest BCUT2D eigenvalue weighted by Gasteiger charge is -2.26. The monoisotopic (exact) mass is 475 g/mol. The van der Waals surface area contributed by atoms with Crippen molar-refractivity contribution in [1.29, 1.82) is 0 Å². The minimum atomic E-state index is -1.67. The number of aromatic nitrogens is 1. The number of amides is 1. The van der Waals surface area contributed by atoms with Gasteiger partial charge in [0.25, 0.3) is 5.91 Å². The zero-order valence-corrected chi connectivity index (χ0v) is 18.1. The summed E-state index contributed by atoms with van der Waals surface area (Å²) in [5, 5.41) is 38.3. The van der Waals surface area contributed by atoms with Crippen molar-refractivity contribution >= 4 is 11.6 Å². The van der Waals surface area contributed by atoms with Gasteiger partial charge in [-0.15, -0.1) is 0 Å². The van der Waals surface area contributed by atoms with Gasteiger partial charge < -0.3 is 20.6 Å². The van der Waals surface area contributed by atoms with Crippen molar-refractivity contribution in [3.05, 3.63) is 101 Å². The van der Waals surface area contributed by atoms with Crippen molar-refractivity contribution in [3.63, 3.8) is 0 Å². The molecule has 9 heteroatoms. The molecule has 2 unspecified atom stereocenters. The van der Waals surface area contributed by atoms with E-state index in [0.717, 1.165) is 10.1 Å². The molecule has 1 amide bonds. The van der Waals surface area contributed by atoms with E-state index in [9.17, 15) is 28.9 Å². The summed E-state index contributed by atoms with van der Waals surface area (Å²) in [6.07, 6.45) is 0.285. The van der Waals surface area contributed by atoms with Gasteiger partial charge in [-0.05, 0) is 66.6 Å². The second-order valence-electron chi connectivity index (χ2n) is 8.71. The number of benzene rings is 3. The van der Waals surface area contributed by atoms with Crippen molar-refractivity contribution in [2.75, 3.05) is 5.32 Å². The van der Waals surface area contributed by atoms with Crippen LogP contribution in [0.15, 0.2) is 66.7 Å². The maximum absolute atomic E-state index is 14.3. The number of aromatic hydroxyl groups is 3. The Bertz CT molecular complexity index is 1500. The van der Waals surface area contributed by atoms with Crippen LogP contribution in [0, 0.1) is 11.6 Å². The third kappa shape index (κ3) is 2.95. The fraction of sp³-hybridized carbons (Fsp3) is 0.115. The van der Waals surface area contributed by atoms with Gasteiger partial charge in [-0.3, -0.25) is 14.7 Å². The maximum atomic E-state index is 14.3. The average molecular weight is 475 g/mol. The molecule has 5 N–H and O–H groups in total. The molecule has 0 bridgehead atoms. The van der Waals surface area contributed by atoms with Crippen molar-refractivity contribution in [2.45, 2.75) is 18.0 Å². The Kier molecular flexibility index (Phi) is 4.43. The van der Waals surface area contributed by atoms with E-state index in [1.165, 1.54) is 54.6 Å². The van der Waals surface area contributed by atoms with Crippen molar-refractivity contribution in [3.8, 4) is 23.2 Å².